The van der Waals surface area contributed by atoms with Crippen LogP contribution in [0, 0.1) is 0 Å². The number of aromatic nitrogens is 2. The third kappa shape index (κ3) is 3.34. The molecule has 0 fully saturated rings. The predicted octanol–water partition coefficient (Wildman–Crippen LogP) is 7.27. The number of ether oxygens (including phenoxy) is 2. The lowest BCUT2D eigenvalue weighted by Crippen LogP contribution is -1.99. The van der Waals surface area contributed by atoms with E-state index in [1.807, 2.05) is 23.5 Å². The van der Waals surface area contributed by atoms with Crippen LogP contribution in [0.5, 0.6) is 11.5 Å². The number of hydrogen-bond donors (Lipinski definition) is 1. The predicted molar refractivity (Wildman–Crippen MR) is 136 cm³/mol. The molecule has 3 aromatic heterocycles. The highest BCUT2D eigenvalue weighted by Crippen LogP contribution is 2.48. The van der Waals surface area contributed by atoms with Crippen LogP contribution in [0.15, 0.2) is 36.4 Å². The molecule has 32 heavy (non-hydrogen) atoms. The maximum Gasteiger partial charge on any atom is 0.188 e. The number of nitrogens with one attached hydrogen (secondary N) is 1. The number of fused-ring (bicyclic) bond motifs is 3. The molecule has 1 N–H and O–H groups in total. The minimum atomic E-state index is 0.693. The molecular weight excluding hydrogens is 458 g/mol. The zero-order valence-electron chi connectivity index (χ0n) is 17.7. The van der Waals surface area contributed by atoms with E-state index in [1.54, 1.807) is 36.9 Å². The summed E-state index contributed by atoms with van der Waals surface area (Å²) in [7, 11) is 3.31. The quantitative estimate of drug-likeness (QED) is 0.287. The molecule has 8 heteroatoms. The van der Waals surface area contributed by atoms with E-state index in [9.17, 15) is 0 Å². The summed E-state index contributed by atoms with van der Waals surface area (Å²) in [5.74, 6) is 1.41. The van der Waals surface area contributed by atoms with Gasteiger partial charge >= 0.3 is 0 Å². The Morgan fingerprint density at radius 1 is 0.844 bits per heavy atom. The molecule has 2 aromatic carbocycles. The molecule has 0 saturated carbocycles. The van der Waals surface area contributed by atoms with E-state index in [0.29, 0.717) is 5.75 Å². The second-order valence-electron chi connectivity index (χ2n) is 7.72. The van der Waals surface area contributed by atoms with Crippen LogP contribution in [-0.2, 0) is 12.8 Å². The van der Waals surface area contributed by atoms with Crippen molar-refractivity contribution in [1.82, 2.24) is 9.97 Å². The number of benzene rings is 2. The number of aryl methyl sites for hydroxylation is 1. The molecule has 0 bridgehead atoms. The van der Waals surface area contributed by atoms with Crippen LogP contribution in [0.4, 0.5) is 10.1 Å². The first kappa shape index (κ1) is 20.0. The van der Waals surface area contributed by atoms with Gasteiger partial charge in [0.25, 0.3) is 0 Å². The molecule has 0 aliphatic heterocycles. The number of thiazole rings is 2. The van der Waals surface area contributed by atoms with E-state index in [-0.39, 0.29) is 0 Å². The molecule has 0 radical (unpaired) electrons. The number of nitrogens with zero attached hydrogens (tertiary/aromatic N) is 2. The highest BCUT2D eigenvalue weighted by atomic mass is 32.1. The topological polar surface area (TPSA) is 56.3 Å². The second-order valence-corrected chi connectivity index (χ2v) is 10.9. The molecule has 3 heterocycles. The fourth-order valence-corrected chi connectivity index (χ4v) is 7.61. The first-order chi connectivity index (χ1) is 15.7. The normalized spacial score (nSPS) is 13.4. The van der Waals surface area contributed by atoms with Gasteiger partial charge in [-0.1, -0.05) is 23.5 Å². The minimum absolute atomic E-state index is 0.693. The summed E-state index contributed by atoms with van der Waals surface area (Å²) < 4.78 is 13.2. The summed E-state index contributed by atoms with van der Waals surface area (Å²) in [6.07, 6.45) is 4.76. The lowest BCUT2D eigenvalue weighted by Gasteiger charge is -2.11. The highest BCUT2D eigenvalue weighted by Gasteiger charge is 2.25. The van der Waals surface area contributed by atoms with E-state index in [2.05, 4.69) is 29.6 Å². The Bertz CT molecular complexity index is 1380. The first-order valence-corrected chi connectivity index (χ1v) is 13.0. The van der Waals surface area contributed by atoms with Crippen LogP contribution in [0.25, 0.3) is 31.0 Å². The van der Waals surface area contributed by atoms with Crippen molar-refractivity contribution in [3.05, 3.63) is 46.8 Å². The standard InChI is InChI=1S/C24H21N3O2S3/c1-28-16-11-15-20(12-17(16)29-2)32-24(26-15)27-23-21(13-7-3-5-9-18(13)30-23)22-25-14-8-4-6-10-19(14)31-22/h4,6,8,10-12H,3,5,7,9H2,1-2H3,(H,26,27). The van der Waals surface area contributed by atoms with Gasteiger partial charge in [-0.15, -0.1) is 22.7 Å². The summed E-state index contributed by atoms with van der Waals surface area (Å²) >= 11 is 5.26. The van der Waals surface area contributed by atoms with Gasteiger partial charge in [-0.05, 0) is 43.4 Å². The summed E-state index contributed by atoms with van der Waals surface area (Å²) in [6.45, 7) is 0. The third-order valence-corrected chi connectivity index (χ3v) is 8.99. The number of hydrogen-bond acceptors (Lipinski definition) is 8. The fourth-order valence-electron chi connectivity index (χ4n) is 4.27. The van der Waals surface area contributed by atoms with E-state index in [4.69, 9.17) is 19.4 Å². The van der Waals surface area contributed by atoms with Gasteiger partial charge in [-0.3, -0.25) is 0 Å². The van der Waals surface area contributed by atoms with Crippen molar-refractivity contribution in [3.63, 3.8) is 0 Å². The zero-order chi connectivity index (χ0) is 21.7. The molecule has 162 valence electrons. The van der Waals surface area contributed by atoms with Crippen molar-refractivity contribution in [3.8, 4) is 22.1 Å². The van der Waals surface area contributed by atoms with Gasteiger partial charge in [0.2, 0.25) is 0 Å². The molecule has 0 unspecified atom stereocenters. The van der Waals surface area contributed by atoms with E-state index in [1.165, 1.54) is 33.5 Å². The Balaban J connectivity index is 1.45. The maximum atomic E-state index is 5.46. The maximum absolute atomic E-state index is 5.46. The third-order valence-electron chi connectivity index (χ3n) is 5.79. The molecule has 0 amide bonds. The fraction of sp³-hybridized carbons (Fsp3) is 0.250. The van der Waals surface area contributed by atoms with Crippen molar-refractivity contribution < 1.29 is 9.47 Å². The molecule has 6 rings (SSSR count). The van der Waals surface area contributed by atoms with Gasteiger partial charge < -0.3 is 14.8 Å². The number of anilines is 2. The number of rotatable bonds is 5. The van der Waals surface area contributed by atoms with Gasteiger partial charge in [0.15, 0.2) is 16.6 Å². The van der Waals surface area contributed by atoms with Crippen LogP contribution >= 0.6 is 34.0 Å². The molecule has 5 aromatic rings. The Hall–Kier alpha value is -2.68. The van der Waals surface area contributed by atoms with Crippen LogP contribution in [-0.4, -0.2) is 24.2 Å². The van der Waals surface area contributed by atoms with Gasteiger partial charge in [-0.25, -0.2) is 9.97 Å². The summed E-state index contributed by atoms with van der Waals surface area (Å²) in [5, 5.41) is 6.76. The minimum Gasteiger partial charge on any atom is -0.493 e. The summed E-state index contributed by atoms with van der Waals surface area (Å²) in [4.78, 5) is 11.3. The molecule has 0 spiro atoms. The Labute approximate surface area is 197 Å². The Morgan fingerprint density at radius 3 is 2.50 bits per heavy atom. The number of para-hydroxylation sites is 1. The van der Waals surface area contributed by atoms with E-state index >= 15 is 0 Å². The van der Waals surface area contributed by atoms with Crippen molar-refractivity contribution in [1.29, 1.82) is 0 Å². The van der Waals surface area contributed by atoms with Crippen LogP contribution < -0.4 is 14.8 Å². The van der Waals surface area contributed by atoms with E-state index < -0.39 is 0 Å². The van der Waals surface area contributed by atoms with Crippen LogP contribution in [0.1, 0.15) is 23.3 Å². The monoisotopic (exact) mass is 479 g/mol. The SMILES string of the molecule is COc1cc2nc(Nc3sc4c(c3-c3nc5ccccc5s3)CCCC4)sc2cc1OC. The summed E-state index contributed by atoms with van der Waals surface area (Å²) in [5.41, 5.74) is 4.69. The van der Waals surface area contributed by atoms with Crippen LogP contribution in [0.3, 0.4) is 0 Å². The van der Waals surface area contributed by atoms with Crippen molar-refractivity contribution >= 4 is 64.6 Å². The number of thiophene rings is 1. The summed E-state index contributed by atoms with van der Waals surface area (Å²) in [6, 6.07) is 12.3. The molecule has 5 nitrogen and oxygen atoms in total. The van der Waals surface area contributed by atoms with Crippen molar-refractivity contribution in [2.24, 2.45) is 0 Å². The lowest BCUT2D eigenvalue weighted by molar-refractivity contribution is 0.356. The van der Waals surface area contributed by atoms with Crippen molar-refractivity contribution in [2.45, 2.75) is 25.7 Å². The van der Waals surface area contributed by atoms with Gasteiger partial charge in [0.1, 0.15) is 10.0 Å². The smallest absolute Gasteiger partial charge is 0.188 e. The molecule has 1 aliphatic carbocycles. The first-order valence-electron chi connectivity index (χ1n) is 10.5. The van der Waals surface area contributed by atoms with Gasteiger partial charge in [-0.2, -0.15) is 0 Å². The van der Waals surface area contributed by atoms with Crippen molar-refractivity contribution in [2.75, 3.05) is 19.5 Å². The zero-order valence-corrected chi connectivity index (χ0v) is 20.2. The van der Waals surface area contributed by atoms with E-state index in [0.717, 1.165) is 49.5 Å². The lowest BCUT2D eigenvalue weighted by atomic mass is 9.96. The molecule has 0 atom stereocenters. The molecule has 0 saturated heterocycles. The molecular formula is C24H21N3O2S3. The second kappa shape index (κ2) is 8.03. The average molecular weight is 480 g/mol. The molecule has 1 aliphatic rings. The Kier molecular flexibility index (Phi) is 5.01. The van der Waals surface area contributed by atoms with Gasteiger partial charge in [0, 0.05) is 22.6 Å². The Morgan fingerprint density at radius 2 is 1.66 bits per heavy atom. The van der Waals surface area contributed by atoms with Crippen LogP contribution in [0.2, 0.25) is 0 Å². The number of methoxy groups -OCH3 is 2. The largest absolute Gasteiger partial charge is 0.493 e. The van der Waals surface area contributed by atoms with Gasteiger partial charge in [0.05, 0.1) is 34.7 Å². The highest BCUT2D eigenvalue weighted by molar-refractivity contribution is 7.24. The average Bonchev–Trinajstić information content (AvgIpc) is 3.51.